The van der Waals surface area contributed by atoms with E-state index >= 15 is 0 Å². The third kappa shape index (κ3) is 5.80. The molecule has 0 saturated carbocycles. The van der Waals surface area contributed by atoms with E-state index in [1.807, 2.05) is 20.8 Å². The fraction of sp³-hybridized carbons (Fsp3) is 0.667. The summed E-state index contributed by atoms with van der Waals surface area (Å²) in [5, 5.41) is 0. The molecule has 0 spiro atoms. The summed E-state index contributed by atoms with van der Waals surface area (Å²) in [6.07, 6.45) is 2.99. The number of nitrogens with two attached hydrogens (primary N) is 1. The van der Waals surface area contributed by atoms with Gasteiger partial charge in [-0.3, -0.25) is 4.79 Å². The Morgan fingerprint density at radius 2 is 2.09 bits per heavy atom. The quantitative estimate of drug-likeness (QED) is 0.627. The summed E-state index contributed by atoms with van der Waals surface area (Å²) in [6.45, 7) is 5.81. The molecule has 1 unspecified atom stereocenters. The summed E-state index contributed by atoms with van der Waals surface area (Å²) in [4.78, 5) is 11.1. The van der Waals surface area contributed by atoms with Crippen molar-refractivity contribution in [1.29, 1.82) is 0 Å². The Bertz CT molecular complexity index is 157. The van der Waals surface area contributed by atoms with Crippen molar-refractivity contribution in [1.82, 2.24) is 0 Å². The third-order valence-corrected chi connectivity index (χ3v) is 1.44. The van der Waals surface area contributed by atoms with Gasteiger partial charge < -0.3 is 5.73 Å². The smallest absolute Gasteiger partial charge is 0.157 e. The molecule has 1 atom stereocenters. The first-order valence-electron chi connectivity index (χ1n) is 3.99. The van der Waals surface area contributed by atoms with Crippen LogP contribution in [0.15, 0.2) is 11.6 Å². The molecule has 0 aromatic heterocycles. The van der Waals surface area contributed by atoms with Crippen LogP contribution < -0.4 is 5.73 Å². The largest absolute Gasteiger partial charge is 0.327 e. The molecule has 0 aliphatic carbocycles. The fourth-order valence-corrected chi connectivity index (χ4v) is 0.784. The first-order valence-corrected chi connectivity index (χ1v) is 3.99. The van der Waals surface area contributed by atoms with Crippen LogP contribution in [-0.2, 0) is 4.79 Å². The lowest BCUT2D eigenvalue weighted by molar-refractivity contribution is -0.114. The highest BCUT2D eigenvalue weighted by molar-refractivity contribution is 5.90. The number of carbonyl (C=O) groups is 1. The average molecular weight is 155 g/mol. The van der Waals surface area contributed by atoms with E-state index in [4.69, 9.17) is 5.73 Å². The van der Waals surface area contributed by atoms with E-state index in [-0.39, 0.29) is 11.8 Å². The molecule has 0 fully saturated rings. The molecule has 0 amide bonds. The molecule has 11 heavy (non-hydrogen) atoms. The third-order valence-electron chi connectivity index (χ3n) is 1.44. The van der Waals surface area contributed by atoms with Crippen molar-refractivity contribution in [2.45, 2.75) is 39.7 Å². The van der Waals surface area contributed by atoms with E-state index in [9.17, 15) is 4.79 Å². The maximum atomic E-state index is 11.1. The van der Waals surface area contributed by atoms with Crippen molar-refractivity contribution in [2.75, 3.05) is 0 Å². The topological polar surface area (TPSA) is 43.1 Å². The van der Waals surface area contributed by atoms with E-state index in [1.165, 1.54) is 0 Å². The van der Waals surface area contributed by atoms with Crippen molar-refractivity contribution in [3.63, 3.8) is 0 Å². The fourth-order valence-electron chi connectivity index (χ4n) is 0.784. The Morgan fingerprint density at radius 1 is 1.55 bits per heavy atom. The van der Waals surface area contributed by atoms with Crippen molar-refractivity contribution in [2.24, 2.45) is 5.73 Å². The van der Waals surface area contributed by atoms with Gasteiger partial charge >= 0.3 is 0 Å². The molecule has 0 aliphatic rings. The molecule has 0 heterocycles. The van der Waals surface area contributed by atoms with E-state index in [1.54, 1.807) is 6.08 Å². The summed E-state index contributed by atoms with van der Waals surface area (Å²) in [7, 11) is 0. The van der Waals surface area contributed by atoms with Gasteiger partial charge in [0, 0.05) is 12.5 Å². The lowest BCUT2D eigenvalue weighted by Gasteiger charge is -2.04. The van der Waals surface area contributed by atoms with Crippen LogP contribution in [0.5, 0.6) is 0 Å². The molecule has 0 radical (unpaired) electrons. The minimum Gasteiger partial charge on any atom is -0.327 e. The minimum absolute atomic E-state index is 0.0260. The van der Waals surface area contributed by atoms with Crippen molar-refractivity contribution >= 4 is 5.78 Å². The van der Waals surface area contributed by atoms with Gasteiger partial charge in [-0.25, -0.2) is 0 Å². The minimum atomic E-state index is 0.0260. The van der Waals surface area contributed by atoms with Gasteiger partial charge in [0.25, 0.3) is 0 Å². The second kappa shape index (κ2) is 5.08. The summed E-state index contributed by atoms with van der Waals surface area (Å²) in [5.74, 6) is 0.138. The van der Waals surface area contributed by atoms with Crippen molar-refractivity contribution in [3.05, 3.63) is 11.6 Å². The number of rotatable bonds is 4. The number of hydrogen-bond acceptors (Lipinski definition) is 2. The molecule has 0 aliphatic heterocycles. The first kappa shape index (κ1) is 10.4. The molecule has 0 aromatic rings. The van der Waals surface area contributed by atoms with Gasteiger partial charge in [0.05, 0.1) is 0 Å². The second-order valence-corrected chi connectivity index (χ2v) is 3.06. The normalized spacial score (nSPS) is 12.4. The van der Waals surface area contributed by atoms with Gasteiger partial charge in [-0.15, -0.1) is 0 Å². The van der Waals surface area contributed by atoms with Crippen LogP contribution >= 0.6 is 0 Å². The Balaban J connectivity index is 3.79. The Hall–Kier alpha value is -0.630. The van der Waals surface area contributed by atoms with Crippen LogP contribution in [0.4, 0.5) is 0 Å². The second-order valence-electron chi connectivity index (χ2n) is 3.06. The number of allylic oxidation sites excluding steroid dienone is 2. The van der Waals surface area contributed by atoms with Gasteiger partial charge in [-0.1, -0.05) is 12.5 Å². The molecule has 64 valence electrons. The van der Waals surface area contributed by atoms with Gasteiger partial charge in [0.1, 0.15) is 0 Å². The van der Waals surface area contributed by atoms with E-state index in [0.29, 0.717) is 6.42 Å². The summed E-state index contributed by atoms with van der Waals surface area (Å²) in [5.41, 5.74) is 6.64. The molecule has 0 bridgehead atoms. The van der Waals surface area contributed by atoms with E-state index in [0.717, 1.165) is 12.0 Å². The van der Waals surface area contributed by atoms with Crippen LogP contribution in [0.1, 0.15) is 33.6 Å². The maximum Gasteiger partial charge on any atom is 0.157 e. The predicted molar refractivity (Wildman–Crippen MR) is 47.3 cm³/mol. The predicted octanol–water partition coefficient (Wildman–Crippen LogP) is 1.65. The number of carbonyl (C=O) groups excluding carboxylic acids is 1. The highest BCUT2D eigenvalue weighted by Crippen LogP contribution is 1.98. The van der Waals surface area contributed by atoms with Crippen molar-refractivity contribution in [3.8, 4) is 0 Å². The monoisotopic (exact) mass is 155 g/mol. The number of hydrogen-bond donors (Lipinski definition) is 1. The lowest BCUT2D eigenvalue weighted by Crippen LogP contribution is -2.21. The van der Waals surface area contributed by atoms with Gasteiger partial charge in [0.15, 0.2) is 5.78 Å². The zero-order valence-electron chi connectivity index (χ0n) is 7.55. The van der Waals surface area contributed by atoms with Gasteiger partial charge in [0.2, 0.25) is 0 Å². The summed E-state index contributed by atoms with van der Waals surface area (Å²) < 4.78 is 0. The molecule has 0 aromatic carbocycles. The van der Waals surface area contributed by atoms with E-state index < -0.39 is 0 Å². The van der Waals surface area contributed by atoms with Crippen molar-refractivity contribution < 1.29 is 4.79 Å². The molecule has 0 saturated heterocycles. The summed E-state index contributed by atoms with van der Waals surface area (Å²) in [6, 6.07) is 0.0260. The summed E-state index contributed by atoms with van der Waals surface area (Å²) >= 11 is 0. The molecule has 2 N–H and O–H groups in total. The first-order chi connectivity index (χ1) is 5.06. The zero-order chi connectivity index (χ0) is 8.85. The zero-order valence-corrected chi connectivity index (χ0v) is 7.55. The maximum absolute atomic E-state index is 11.1. The molecule has 2 heteroatoms. The Labute approximate surface area is 68.5 Å². The molecule has 2 nitrogen and oxygen atoms in total. The standard InChI is InChI=1S/C9H17NO/c1-4-8(10)6-9(11)5-7(2)3/h5,8H,4,6,10H2,1-3H3. The highest BCUT2D eigenvalue weighted by Gasteiger charge is 2.03. The SMILES string of the molecule is CCC(N)CC(=O)C=C(C)C. The lowest BCUT2D eigenvalue weighted by atomic mass is 10.1. The van der Waals surface area contributed by atoms with E-state index in [2.05, 4.69) is 0 Å². The van der Waals surface area contributed by atoms with Gasteiger partial charge in [-0.05, 0) is 26.3 Å². The van der Waals surface area contributed by atoms with Crippen LogP contribution in [0.25, 0.3) is 0 Å². The highest BCUT2D eigenvalue weighted by atomic mass is 16.1. The Kier molecular flexibility index (Phi) is 4.79. The number of ketones is 1. The van der Waals surface area contributed by atoms with Crippen LogP contribution in [0, 0.1) is 0 Å². The van der Waals surface area contributed by atoms with Crippen LogP contribution in [-0.4, -0.2) is 11.8 Å². The molecule has 0 rings (SSSR count). The Morgan fingerprint density at radius 3 is 2.45 bits per heavy atom. The molecular weight excluding hydrogens is 138 g/mol. The molecular formula is C9H17NO. The van der Waals surface area contributed by atoms with Crippen LogP contribution in [0.2, 0.25) is 0 Å². The van der Waals surface area contributed by atoms with Crippen LogP contribution in [0.3, 0.4) is 0 Å². The average Bonchev–Trinajstić information content (AvgIpc) is 1.85. The van der Waals surface area contributed by atoms with Gasteiger partial charge in [-0.2, -0.15) is 0 Å².